The Balaban J connectivity index is 1.45. The van der Waals surface area contributed by atoms with Gasteiger partial charge in [-0.25, -0.2) is 18.0 Å². The van der Waals surface area contributed by atoms with Crippen molar-refractivity contribution in [2.75, 3.05) is 46.4 Å². The summed E-state index contributed by atoms with van der Waals surface area (Å²) < 4.78 is 38.0. The Bertz CT molecular complexity index is 1560. The Kier molecular flexibility index (Phi) is 9.67. The van der Waals surface area contributed by atoms with Crippen molar-refractivity contribution in [1.82, 2.24) is 14.5 Å². The van der Waals surface area contributed by atoms with Gasteiger partial charge in [0.15, 0.2) is 0 Å². The molecule has 1 N–H and O–H groups in total. The number of hydrogen-bond donors (Lipinski definition) is 1. The second-order valence-electron chi connectivity index (χ2n) is 9.79. The third-order valence-electron chi connectivity index (χ3n) is 7.23. The van der Waals surface area contributed by atoms with Gasteiger partial charge in [-0.2, -0.15) is 4.31 Å². The van der Waals surface area contributed by atoms with Crippen molar-refractivity contribution in [3.8, 4) is 0 Å². The molecule has 0 bridgehead atoms. The molecule has 0 amide bonds. The number of allylic oxidation sites excluding steroid dienone is 2. The lowest BCUT2D eigenvalue weighted by atomic mass is 9.80. The van der Waals surface area contributed by atoms with Crippen molar-refractivity contribution in [3.63, 3.8) is 0 Å². The van der Waals surface area contributed by atoms with E-state index >= 15 is 0 Å². The largest absolute Gasteiger partial charge is 0.466 e. The summed E-state index contributed by atoms with van der Waals surface area (Å²) in [5.74, 6) is -2.33. The van der Waals surface area contributed by atoms with Crippen LogP contribution in [-0.4, -0.2) is 80.9 Å². The van der Waals surface area contributed by atoms with E-state index in [0.717, 1.165) is 0 Å². The van der Waals surface area contributed by atoms with Crippen LogP contribution in [0.1, 0.15) is 25.3 Å². The van der Waals surface area contributed by atoms with E-state index < -0.39 is 32.8 Å². The van der Waals surface area contributed by atoms with Crippen LogP contribution in [0.4, 0.5) is 5.69 Å². The van der Waals surface area contributed by atoms with Gasteiger partial charge in [0, 0.05) is 56.3 Å². The minimum absolute atomic E-state index is 0.00475. The SMILES string of the molecule is COC(=O)C1=C(C)NC(C)=C(C(=O)OCCN2CCN(S(=O)(=O)c3ccccc3Cl)CC2)[C@H]1c1cccc([N+](=O)[O-])c1. The predicted octanol–water partition coefficient (Wildman–Crippen LogP) is 3.21. The number of halogens is 1. The minimum atomic E-state index is -3.74. The molecule has 42 heavy (non-hydrogen) atoms. The fourth-order valence-corrected chi connectivity index (χ4v) is 7.04. The molecule has 2 aliphatic rings. The standard InChI is InChI=1S/C28H31ClN4O8S/c1-18-24(27(34)40-3)26(20-7-6-8-21(17-20)33(36)37)25(19(2)30-18)28(35)41-16-15-31-11-13-32(14-12-31)42(38,39)23-10-5-4-9-22(23)29/h4-10,17,26,30H,11-16H2,1-3H3/t26-/m0/s1. The molecular weight excluding hydrogens is 588 g/mol. The predicted molar refractivity (Wildman–Crippen MR) is 154 cm³/mol. The summed E-state index contributed by atoms with van der Waals surface area (Å²) in [6.07, 6.45) is 0. The fourth-order valence-electron chi connectivity index (χ4n) is 5.13. The van der Waals surface area contributed by atoms with Crippen molar-refractivity contribution in [3.05, 3.63) is 91.8 Å². The highest BCUT2D eigenvalue weighted by Gasteiger charge is 2.38. The number of nitro benzene ring substituents is 1. The average molecular weight is 619 g/mol. The number of nitrogens with one attached hydrogen (secondary N) is 1. The van der Waals surface area contributed by atoms with E-state index in [1.54, 1.807) is 32.0 Å². The molecule has 12 nitrogen and oxygen atoms in total. The maximum Gasteiger partial charge on any atom is 0.336 e. The molecule has 1 atom stereocenters. The number of carbonyl (C=O) groups excluding carboxylic acids is 2. The van der Waals surface area contributed by atoms with Crippen molar-refractivity contribution < 1.29 is 32.4 Å². The van der Waals surface area contributed by atoms with Crippen LogP contribution >= 0.6 is 11.6 Å². The molecule has 224 valence electrons. The van der Waals surface area contributed by atoms with Gasteiger partial charge in [0.1, 0.15) is 11.5 Å². The summed E-state index contributed by atoms with van der Waals surface area (Å²) in [4.78, 5) is 39.2. The molecular formula is C28H31ClN4O8S. The number of carbonyl (C=O) groups is 2. The van der Waals surface area contributed by atoms with E-state index in [-0.39, 0.29) is 46.4 Å². The third kappa shape index (κ3) is 6.49. The highest BCUT2D eigenvalue weighted by molar-refractivity contribution is 7.89. The zero-order valence-corrected chi connectivity index (χ0v) is 24.9. The number of methoxy groups -OCH3 is 1. The summed E-state index contributed by atoms with van der Waals surface area (Å²) in [7, 11) is -2.52. The van der Waals surface area contributed by atoms with Crippen molar-refractivity contribution in [2.24, 2.45) is 0 Å². The third-order valence-corrected chi connectivity index (χ3v) is 9.62. The van der Waals surface area contributed by atoms with Gasteiger partial charge in [-0.15, -0.1) is 0 Å². The smallest absolute Gasteiger partial charge is 0.336 e. The van der Waals surface area contributed by atoms with E-state index in [1.807, 2.05) is 4.90 Å². The summed E-state index contributed by atoms with van der Waals surface area (Å²) in [6.45, 7) is 5.03. The Hall–Kier alpha value is -3.78. The van der Waals surface area contributed by atoms with Gasteiger partial charge in [-0.05, 0) is 31.5 Å². The van der Waals surface area contributed by atoms with Gasteiger partial charge in [0.25, 0.3) is 5.69 Å². The van der Waals surface area contributed by atoms with Gasteiger partial charge in [0.05, 0.1) is 34.1 Å². The molecule has 1 fully saturated rings. The lowest BCUT2D eigenvalue weighted by molar-refractivity contribution is -0.384. The molecule has 2 aromatic rings. The fraction of sp³-hybridized carbons (Fsp3) is 0.357. The molecule has 1 saturated heterocycles. The number of hydrogen-bond acceptors (Lipinski definition) is 10. The molecule has 0 spiro atoms. The van der Waals surface area contributed by atoms with Gasteiger partial charge in [-0.3, -0.25) is 15.0 Å². The van der Waals surface area contributed by atoms with Crippen LogP contribution in [0.25, 0.3) is 0 Å². The molecule has 4 rings (SSSR count). The molecule has 2 heterocycles. The summed E-state index contributed by atoms with van der Waals surface area (Å²) in [6, 6.07) is 12.0. The van der Waals surface area contributed by atoms with Crippen LogP contribution in [0, 0.1) is 10.1 Å². The zero-order chi connectivity index (χ0) is 30.6. The second-order valence-corrected chi connectivity index (χ2v) is 12.1. The number of nitrogens with zero attached hydrogens (tertiary/aromatic N) is 3. The number of piperazine rings is 1. The van der Waals surface area contributed by atoms with E-state index in [4.69, 9.17) is 21.1 Å². The summed E-state index contributed by atoms with van der Waals surface area (Å²) in [5.41, 5.74) is 1.36. The highest BCUT2D eigenvalue weighted by Crippen LogP contribution is 2.40. The molecule has 0 unspecified atom stereocenters. The molecule has 14 heteroatoms. The van der Waals surface area contributed by atoms with Crippen LogP contribution < -0.4 is 5.32 Å². The first kappa shape index (κ1) is 31.2. The molecule has 2 aromatic carbocycles. The first-order valence-corrected chi connectivity index (χ1v) is 14.9. The van der Waals surface area contributed by atoms with E-state index in [1.165, 1.54) is 41.7 Å². The maximum atomic E-state index is 13.4. The Labute approximate surface area is 248 Å². The van der Waals surface area contributed by atoms with Crippen molar-refractivity contribution in [2.45, 2.75) is 24.7 Å². The number of nitro groups is 1. The number of ether oxygens (including phenoxy) is 2. The van der Waals surface area contributed by atoms with E-state index in [2.05, 4.69) is 5.32 Å². The van der Waals surface area contributed by atoms with Crippen LogP contribution in [0.15, 0.2) is 76.0 Å². The Morgan fingerprint density at radius 1 is 1.02 bits per heavy atom. The number of benzene rings is 2. The van der Waals surface area contributed by atoms with Crippen molar-refractivity contribution >= 4 is 39.3 Å². The van der Waals surface area contributed by atoms with Crippen LogP contribution in [0.3, 0.4) is 0 Å². The first-order chi connectivity index (χ1) is 19.9. The van der Waals surface area contributed by atoms with E-state index in [0.29, 0.717) is 36.6 Å². The number of sulfonamides is 1. The summed E-state index contributed by atoms with van der Waals surface area (Å²) >= 11 is 6.11. The molecule has 0 radical (unpaired) electrons. The van der Waals surface area contributed by atoms with Gasteiger partial charge in [-0.1, -0.05) is 35.9 Å². The summed E-state index contributed by atoms with van der Waals surface area (Å²) in [5, 5.41) is 14.6. The second kappa shape index (κ2) is 13.0. The Morgan fingerprint density at radius 2 is 1.67 bits per heavy atom. The molecule has 0 aliphatic carbocycles. The van der Waals surface area contributed by atoms with Gasteiger partial charge >= 0.3 is 11.9 Å². The van der Waals surface area contributed by atoms with Crippen LogP contribution in [-0.2, 0) is 29.1 Å². The van der Waals surface area contributed by atoms with E-state index in [9.17, 15) is 28.1 Å². The Morgan fingerprint density at radius 3 is 2.29 bits per heavy atom. The van der Waals surface area contributed by atoms with Crippen molar-refractivity contribution in [1.29, 1.82) is 0 Å². The van der Waals surface area contributed by atoms with Gasteiger partial charge in [0.2, 0.25) is 10.0 Å². The van der Waals surface area contributed by atoms with Gasteiger partial charge < -0.3 is 14.8 Å². The normalized spacial score (nSPS) is 18.4. The van der Waals surface area contributed by atoms with Crippen LogP contribution in [0.5, 0.6) is 0 Å². The number of esters is 2. The molecule has 2 aliphatic heterocycles. The number of rotatable bonds is 9. The lowest BCUT2D eigenvalue weighted by Crippen LogP contribution is -2.49. The first-order valence-electron chi connectivity index (χ1n) is 13.1. The highest BCUT2D eigenvalue weighted by atomic mass is 35.5. The van der Waals surface area contributed by atoms with Crippen LogP contribution in [0.2, 0.25) is 5.02 Å². The molecule has 0 aromatic heterocycles. The number of dihydropyridines is 1. The molecule has 0 saturated carbocycles. The number of non-ortho nitro benzene ring substituents is 1. The lowest BCUT2D eigenvalue weighted by Gasteiger charge is -2.34. The minimum Gasteiger partial charge on any atom is -0.466 e. The topological polar surface area (TPSA) is 148 Å². The quantitative estimate of drug-likeness (QED) is 0.252. The maximum absolute atomic E-state index is 13.4. The average Bonchev–Trinajstić information content (AvgIpc) is 2.96. The monoisotopic (exact) mass is 618 g/mol. The zero-order valence-electron chi connectivity index (χ0n) is 23.3.